The van der Waals surface area contributed by atoms with E-state index in [1.54, 1.807) is 6.92 Å². The molecule has 2 unspecified atom stereocenters. The van der Waals surface area contributed by atoms with Crippen molar-refractivity contribution in [3.8, 4) is 0 Å². The minimum Gasteiger partial charge on any atom is -0.480 e. The monoisotopic (exact) mass is 306 g/mol. The number of rotatable bonds is 7. The van der Waals surface area contributed by atoms with Crippen molar-refractivity contribution in [1.29, 1.82) is 0 Å². The molecule has 0 aromatic heterocycles. The molecule has 1 aliphatic heterocycles. The maximum atomic E-state index is 12.2. The second kappa shape index (κ2) is 6.56. The van der Waals surface area contributed by atoms with E-state index in [1.165, 1.54) is 0 Å². The summed E-state index contributed by atoms with van der Waals surface area (Å²) in [5, 5.41) is 9.58. The fourth-order valence-corrected chi connectivity index (χ4v) is 4.62. The summed E-state index contributed by atoms with van der Waals surface area (Å²) in [6.45, 7) is 3.58. The maximum absolute atomic E-state index is 12.2. The van der Waals surface area contributed by atoms with Crippen LogP contribution in [0.5, 0.6) is 0 Å². The number of carbonyl (C=O) groups excluding carboxylic acids is 1. The van der Waals surface area contributed by atoms with E-state index in [0.717, 1.165) is 6.42 Å². The molecule has 0 saturated carbocycles. The Kier molecular flexibility index (Phi) is 5.56. The normalized spacial score (nSPS) is 24.0. The number of ether oxygens (including phenoxy) is 1. The highest BCUT2D eigenvalue weighted by Crippen LogP contribution is 2.41. The van der Waals surface area contributed by atoms with Crippen molar-refractivity contribution in [3.63, 3.8) is 0 Å². The lowest BCUT2D eigenvalue weighted by molar-refractivity contribution is -0.173. The van der Waals surface area contributed by atoms with Crippen molar-refractivity contribution in [2.24, 2.45) is 11.3 Å². The van der Waals surface area contributed by atoms with Crippen LogP contribution < -0.4 is 0 Å². The van der Waals surface area contributed by atoms with Gasteiger partial charge in [0.15, 0.2) is 15.3 Å². The molecule has 0 aromatic rings. The molecule has 0 radical (unpaired) electrons. The van der Waals surface area contributed by atoms with Crippen molar-refractivity contribution in [2.45, 2.75) is 39.5 Å². The zero-order valence-electron chi connectivity index (χ0n) is 11.9. The predicted octanol–water partition coefficient (Wildman–Crippen LogP) is 1.25. The molecule has 1 rings (SSSR count). The first-order valence-corrected chi connectivity index (χ1v) is 8.73. The largest absolute Gasteiger partial charge is 0.480 e. The summed E-state index contributed by atoms with van der Waals surface area (Å²) in [4.78, 5) is 24.0. The highest BCUT2D eigenvalue weighted by atomic mass is 32.2. The van der Waals surface area contributed by atoms with E-state index < -0.39 is 33.1 Å². The van der Waals surface area contributed by atoms with Gasteiger partial charge in [-0.1, -0.05) is 19.8 Å². The zero-order chi connectivity index (χ0) is 15.4. The summed E-state index contributed by atoms with van der Waals surface area (Å²) in [5.74, 6) is -3.08. The van der Waals surface area contributed by atoms with Gasteiger partial charge in [0.05, 0.1) is 18.1 Å². The number of sulfone groups is 1. The first-order chi connectivity index (χ1) is 9.30. The Morgan fingerprint density at radius 3 is 2.40 bits per heavy atom. The predicted molar refractivity (Wildman–Crippen MR) is 73.0 cm³/mol. The number of carbonyl (C=O) groups is 2. The number of hydrogen-bond acceptors (Lipinski definition) is 5. The van der Waals surface area contributed by atoms with Crippen molar-refractivity contribution < 1.29 is 27.9 Å². The summed E-state index contributed by atoms with van der Waals surface area (Å²) in [5.41, 5.74) is -1.73. The van der Waals surface area contributed by atoms with E-state index in [0.29, 0.717) is 6.42 Å². The van der Waals surface area contributed by atoms with E-state index in [2.05, 4.69) is 0 Å². The highest BCUT2D eigenvalue weighted by molar-refractivity contribution is 7.91. The molecular weight excluding hydrogens is 284 g/mol. The van der Waals surface area contributed by atoms with E-state index in [4.69, 9.17) is 4.74 Å². The minimum absolute atomic E-state index is 0.0573. The fourth-order valence-electron chi connectivity index (χ4n) is 2.74. The molecule has 1 saturated heterocycles. The Morgan fingerprint density at radius 2 is 2.00 bits per heavy atom. The maximum Gasteiger partial charge on any atom is 0.323 e. The van der Waals surface area contributed by atoms with Gasteiger partial charge in [-0.2, -0.15) is 0 Å². The lowest BCUT2D eigenvalue weighted by Crippen LogP contribution is -2.47. The molecule has 20 heavy (non-hydrogen) atoms. The van der Waals surface area contributed by atoms with Crippen LogP contribution in [0.25, 0.3) is 0 Å². The molecule has 0 aliphatic carbocycles. The third-order valence-corrected chi connectivity index (χ3v) is 5.64. The Morgan fingerprint density at radius 1 is 1.35 bits per heavy atom. The minimum atomic E-state index is -3.26. The third kappa shape index (κ3) is 3.31. The van der Waals surface area contributed by atoms with Gasteiger partial charge in [0.25, 0.3) is 0 Å². The number of aliphatic carboxylic acids is 1. The van der Waals surface area contributed by atoms with Gasteiger partial charge in [0.2, 0.25) is 0 Å². The van der Waals surface area contributed by atoms with Crippen LogP contribution in [0.15, 0.2) is 0 Å². The molecule has 1 fully saturated rings. The summed E-state index contributed by atoms with van der Waals surface area (Å²) in [6, 6.07) is 0. The van der Waals surface area contributed by atoms with Crippen LogP contribution in [-0.2, 0) is 24.2 Å². The zero-order valence-corrected chi connectivity index (χ0v) is 12.7. The summed E-state index contributed by atoms with van der Waals surface area (Å²) >= 11 is 0. The number of carboxylic acid groups (broad SMARTS) is 1. The van der Waals surface area contributed by atoms with E-state index in [9.17, 15) is 23.1 Å². The molecule has 1 N–H and O–H groups in total. The SMILES string of the molecule is CCCCC(C(=O)O)(C(=O)OCC)C1CCS(=O)(=O)C1. The topological polar surface area (TPSA) is 97.7 Å². The molecular formula is C13H22O6S. The van der Waals surface area contributed by atoms with E-state index >= 15 is 0 Å². The number of unbranched alkanes of at least 4 members (excludes halogenated alkanes) is 1. The third-order valence-electron chi connectivity index (χ3n) is 3.88. The summed E-state index contributed by atoms with van der Waals surface area (Å²) < 4.78 is 28.2. The summed E-state index contributed by atoms with van der Waals surface area (Å²) in [7, 11) is -3.26. The average molecular weight is 306 g/mol. The molecule has 0 amide bonds. The molecule has 1 heterocycles. The van der Waals surface area contributed by atoms with Crippen LogP contribution in [0.2, 0.25) is 0 Å². The van der Waals surface area contributed by atoms with Gasteiger partial charge in [0.1, 0.15) is 0 Å². The smallest absolute Gasteiger partial charge is 0.323 e. The van der Waals surface area contributed by atoms with Gasteiger partial charge in [-0.15, -0.1) is 0 Å². The van der Waals surface area contributed by atoms with Crippen LogP contribution in [0, 0.1) is 11.3 Å². The second-order valence-corrected chi connectivity index (χ2v) is 7.43. The average Bonchev–Trinajstić information content (AvgIpc) is 2.71. The number of hydrogen-bond donors (Lipinski definition) is 1. The van der Waals surface area contributed by atoms with Crippen LogP contribution in [0.3, 0.4) is 0 Å². The fraction of sp³-hybridized carbons (Fsp3) is 0.846. The molecule has 0 bridgehead atoms. The van der Waals surface area contributed by atoms with Gasteiger partial charge in [0, 0.05) is 5.92 Å². The van der Waals surface area contributed by atoms with Crippen LogP contribution >= 0.6 is 0 Å². The first kappa shape index (κ1) is 16.9. The Bertz CT molecular complexity index is 469. The molecule has 7 heteroatoms. The van der Waals surface area contributed by atoms with E-state index in [1.807, 2.05) is 6.92 Å². The van der Waals surface area contributed by atoms with Gasteiger partial charge < -0.3 is 9.84 Å². The van der Waals surface area contributed by atoms with Crippen molar-refractivity contribution in [3.05, 3.63) is 0 Å². The first-order valence-electron chi connectivity index (χ1n) is 6.91. The molecule has 0 aromatic carbocycles. The molecule has 6 nitrogen and oxygen atoms in total. The van der Waals surface area contributed by atoms with Crippen LogP contribution in [-0.4, -0.2) is 43.6 Å². The van der Waals surface area contributed by atoms with Gasteiger partial charge in [-0.05, 0) is 19.8 Å². The lowest BCUT2D eigenvalue weighted by atomic mass is 9.71. The number of esters is 1. The molecule has 2 atom stereocenters. The summed E-state index contributed by atoms with van der Waals surface area (Å²) in [6.07, 6.45) is 1.60. The standard InChI is InChI=1S/C13H22O6S/c1-3-5-7-13(11(14)15,12(16)19-4-2)10-6-8-20(17,18)9-10/h10H,3-9H2,1-2H3,(H,14,15). The van der Waals surface area contributed by atoms with Crippen LogP contribution in [0.4, 0.5) is 0 Å². The van der Waals surface area contributed by atoms with Crippen molar-refractivity contribution in [1.82, 2.24) is 0 Å². The Balaban J connectivity index is 3.16. The molecule has 116 valence electrons. The molecule has 0 spiro atoms. The van der Waals surface area contributed by atoms with Crippen molar-refractivity contribution in [2.75, 3.05) is 18.1 Å². The second-order valence-electron chi connectivity index (χ2n) is 5.20. The van der Waals surface area contributed by atoms with Crippen molar-refractivity contribution >= 4 is 21.8 Å². The molecule has 1 aliphatic rings. The quantitative estimate of drug-likeness (QED) is 0.561. The Hall–Kier alpha value is -1.11. The van der Waals surface area contributed by atoms with Gasteiger partial charge >= 0.3 is 11.9 Å². The lowest BCUT2D eigenvalue weighted by Gasteiger charge is -2.32. The Labute approximate surface area is 119 Å². The number of carboxylic acids is 1. The van der Waals surface area contributed by atoms with Crippen LogP contribution in [0.1, 0.15) is 39.5 Å². The van der Waals surface area contributed by atoms with Gasteiger partial charge in [-0.3, -0.25) is 9.59 Å². The van der Waals surface area contributed by atoms with Gasteiger partial charge in [-0.25, -0.2) is 8.42 Å². The highest BCUT2D eigenvalue weighted by Gasteiger charge is 2.56. The van der Waals surface area contributed by atoms with E-state index in [-0.39, 0.29) is 31.0 Å².